The van der Waals surface area contributed by atoms with Gasteiger partial charge in [-0.05, 0) is 39.4 Å². The largest absolute Gasteiger partial charge is 0.374 e. The molecule has 1 N–H and O–H groups in total. The summed E-state index contributed by atoms with van der Waals surface area (Å²) in [5, 5.41) is 7.98. The van der Waals surface area contributed by atoms with E-state index in [1.165, 1.54) is 5.69 Å². The molecule has 2 heterocycles. The van der Waals surface area contributed by atoms with Crippen molar-refractivity contribution in [3.8, 4) is 0 Å². The number of hydrogen-bond acceptors (Lipinski definition) is 4. The highest BCUT2D eigenvalue weighted by atomic mass is 16.5. The van der Waals surface area contributed by atoms with Crippen LogP contribution >= 0.6 is 0 Å². The second-order valence-electron chi connectivity index (χ2n) is 5.59. The first-order chi connectivity index (χ1) is 9.69. The van der Waals surface area contributed by atoms with Crippen molar-refractivity contribution in [2.45, 2.75) is 39.8 Å². The van der Waals surface area contributed by atoms with E-state index in [0.29, 0.717) is 6.10 Å². The quantitative estimate of drug-likeness (QED) is 0.762. The summed E-state index contributed by atoms with van der Waals surface area (Å²) in [5.41, 5.74) is 2.35. The summed E-state index contributed by atoms with van der Waals surface area (Å²) in [5.74, 6) is 0. The van der Waals surface area contributed by atoms with E-state index in [1.54, 1.807) is 0 Å². The number of likely N-dealkylation sites (N-methyl/N-ethyl adjacent to an activating group) is 1. The molecule has 1 atom stereocenters. The number of ether oxygens (including phenoxy) is 1. The molecule has 20 heavy (non-hydrogen) atoms. The van der Waals surface area contributed by atoms with E-state index in [1.807, 2.05) is 6.92 Å². The van der Waals surface area contributed by atoms with Crippen LogP contribution in [0, 0.1) is 13.8 Å². The third-order valence-electron chi connectivity index (χ3n) is 3.87. The van der Waals surface area contributed by atoms with Gasteiger partial charge in [-0.2, -0.15) is 5.10 Å². The normalized spacial score (nSPS) is 20.4. The maximum atomic E-state index is 5.78. The third-order valence-corrected chi connectivity index (χ3v) is 3.87. The molecule has 1 unspecified atom stereocenters. The Labute approximate surface area is 122 Å². The van der Waals surface area contributed by atoms with E-state index < -0.39 is 0 Å². The lowest BCUT2D eigenvalue weighted by atomic mass is 10.2. The highest BCUT2D eigenvalue weighted by molar-refractivity contribution is 5.06. The van der Waals surface area contributed by atoms with Crippen molar-refractivity contribution in [3.05, 3.63) is 17.5 Å². The molecule has 1 aliphatic rings. The Bertz CT molecular complexity index is 405. The standard InChI is InChI=1S/C15H28N4O/c1-4-18-8-9-20-15(12-18)11-16-6-5-7-19-14(3)10-13(2)17-19/h10,15-16H,4-9,11-12H2,1-3H3. The Morgan fingerprint density at radius 3 is 3.00 bits per heavy atom. The summed E-state index contributed by atoms with van der Waals surface area (Å²) in [6, 6.07) is 2.13. The lowest BCUT2D eigenvalue weighted by molar-refractivity contribution is -0.0251. The fraction of sp³-hybridized carbons (Fsp3) is 0.800. The SMILES string of the molecule is CCN1CCOC(CNCCCn2nc(C)cc2C)C1. The molecule has 114 valence electrons. The minimum atomic E-state index is 0.345. The van der Waals surface area contributed by atoms with E-state index in [9.17, 15) is 0 Å². The lowest BCUT2D eigenvalue weighted by Gasteiger charge is -2.32. The molecule has 0 bridgehead atoms. The molecule has 5 nitrogen and oxygen atoms in total. The minimum absolute atomic E-state index is 0.345. The molecule has 0 radical (unpaired) electrons. The summed E-state index contributed by atoms with van der Waals surface area (Å²) < 4.78 is 7.87. The average molecular weight is 280 g/mol. The number of aromatic nitrogens is 2. The smallest absolute Gasteiger partial charge is 0.0826 e. The Kier molecular flexibility index (Phi) is 6.01. The van der Waals surface area contributed by atoms with Crippen LogP contribution in [0.15, 0.2) is 6.07 Å². The van der Waals surface area contributed by atoms with Gasteiger partial charge in [-0.3, -0.25) is 9.58 Å². The van der Waals surface area contributed by atoms with Crippen molar-refractivity contribution in [2.75, 3.05) is 39.3 Å². The van der Waals surface area contributed by atoms with Gasteiger partial charge in [-0.15, -0.1) is 0 Å². The maximum absolute atomic E-state index is 5.78. The van der Waals surface area contributed by atoms with E-state index in [0.717, 1.165) is 58.0 Å². The molecule has 1 saturated heterocycles. The van der Waals surface area contributed by atoms with Crippen LogP contribution in [0.2, 0.25) is 0 Å². The van der Waals surface area contributed by atoms with Crippen LogP contribution in [0.3, 0.4) is 0 Å². The molecule has 0 amide bonds. The lowest BCUT2D eigenvalue weighted by Crippen LogP contribution is -2.46. The summed E-state index contributed by atoms with van der Waals surface area (Å²) in [6.45, 7) is 13.4. The topological polar surface area (TPSA) is 42.3 Å². The van der Waals surface area contributed by atoms with Gasteiger partial charge in [0.05, 0.1) is 18.4 Å². The van der Waals surface area contributed by atoms with Gasteiger partial charge in [0.15, 0.2) is 0 Å². The zero-order valence-corrected chi connectivity index (χ0v) is 13.1. The molecule has 0 aromatic carbocycles. The number of rotatable bonds is 7. The average Bonchev–Trinajstić information content (AvgIpc) is 2.77. The van der Waals surface area contributed by atoms with Gasteiger partial charge in [-0.25, -0.2) is 0 Å². The first kappa shape index (κ1) is 15.5. The highest BCUT2D eigenvalue weighted by Gasteiger charge is 2.18. The maximum Gasteiger partial charge on any atom is 0.0826 e. The van der Waals surface area contributed by atoms with Crippen molar-refractivity contribution in [1.82, 2.24) is 20.0 Å². The van der Waals surface area contributed by atoms with Crippen LogP contribution in [0.5, 0.6) is 0 Å². The molecular weight excluding hydrogens is 252 g/mol. The number of hydrogen-bond donors (Lipinski definition) is 1. The predicted molar refractivity (Wildman–Crippen MR) is 81.0 cm³/mol. The zero-order valence-electron chi connectivity index (χ0n) is 13.1. The van der Waals surface area contributed by atoms with E-state index in [2.05, 4.69) is 39.9 Å². The molecule has 0 aliphatic carbocycles. The minimum Gasteiger partial charge on any atom is -0.374 e. The van der Waals surface area contributed by atoms with Gasteiger partial charge in [0, 0.05) is 31.9 Å². The molecular formula is C15H28N4O. The van der Waals surface area contributed by atoms with Gasteiger partial charge in [0.2, 0.25) is 0 Å². The van der Waals surface area contributed by atoms with Gasteiger partial charge >= 0.3 is 0 Å². The van der Waals surface area contributed by atoms with E-state index in [4.69, 9.17) is 4.74 Å². The van der Waals surface area contributed by atoms with Crippen molar-refractivity contribution >= 4 is 0 Å². The van der Waals surface area contributed by atoms with Gasteiger partial charge < -0.3 is 10.1 Å². The molecule has 2 rings (SSSR count). The van der Waals surface area contributed by atoms with Crippen molar-refractivity contribution < 1.29 is 4.74 Å². The molecule has 5 heteroatoms. The summed E-state index contributed by atoms with van der Waals surface area (Å²) in [6.07, 6.45) is 1.45. The molecule has 0 spiro atoms. The molecule has 1 aromatic rings. The Morgan fingerprint density at radius 2 is 2.30 bits per heavy atom. The monoisotopic (exact) mass is 280 g/mol. The van der Waals surface area contributed by atoms with Crippen molar-refractivity contribution in [2.24, 2.45) is 0 Å². The van der Waals surface area contributed by atoms with Crippen LogP contribution in [-0.4, -0.2) is 60.1 Å². The fourth-order valence-electron chi connectivity index (χ4n) is 2.71. The van der Waals surface area contributed by atoms with Crippen LogP contribution < -0.4 is 5.32 Å². The summed E-state index contributed by atoms with van der Waals surface area (Å²) in [7, 11) is 0. The van der Waals surface area contributed by atoms with Crippen LogP contribution in [-0.2, 0) is 11.3 Å². The molecule has 1 fully saturated rings. The molecule has 1 aliphatic heterocycles. The van der Waals surface area contributed by atoms with Crippen molar-refractivity contribution in [3.63, 3.8) is 0 Å². The van der Waals surface area contributed by atoms with Crippen LogP contribution in [0.1, 0.15) is 24.7 Å². The van der Waals surface area contributed by atoms with Gasteiger partial charge in [0.1, 0.15) is 0 Å². The summed E-state index contributed by atoms with van der Waals surface area (Å²) >= 11 is 0. The number of aryl methyl sites for hydroxylation is 3. The van der Waals surface area contributed by atoms with Crippen molar-refractivity contribution in [1.29, 1.82) is 0 Å². The van der Waals surface area contributed by atoms with E-state index >= 15 is 0 Å². The molecule has 0 saturated carbocycles. The number of nitrogens with one attached hydrogen (secondary N) is 1. The predicted octanol–water partition coefficient (Wildman–Crippen LogP) is 1.20. The second-order valence-corrected chi connectivity index (χ2v) is 5.59. The van der Waals surface area contributed by atoms with Gasteiger partial charge in [-0.1, -0.05) is 6.92 Å². The molecule has 1 aromatic heterocycles. The van der Waals surface area contributed by atoms with Gasteiger partial charge in [0.25, 0.3) is 0 Å². The fourth-order valence-corrected chi connectivity index (χ4v) is 2.71. The summed E-state index contributed by atoms with van der Waals surface area (Å²) in [4.78, 5) is 2.45. The number of morpholine rings is 1. The van der Waals surface area contributed by atoms with Crippen LogP contribution in [0.4, 0.5) is 0 Å². The van der Waals surface area contributed by atoms with Crippen LogP contribution in [0.25, 0.3) is 0 Å². The number of nitrogens with zero attached hydrogens (tertiary/aromatic N) is 3. The highest BCUT2D eigenvalue weighted by Crippen LogP contribution is 2.04. The Hall–Kier alpha value is -0.910. The third kappa shape index (κ3) is 4.58. The Balaban J connectivity index is 1.58. The second kappa shape index (κ2) is 7.76. The first-order valence-corrected chi connectivity index (χ1v) is 7.74. The van der Waals surface area contributed by atoms with E-state index in [-0.39, 0.29) is 0 Å². The first-order valence-electron chi connectivity index (χ1n) is 7.74. The Morgan fingerprint density at radius 1 is 1.45 bits per heavy atom. The zero-order chi connectivity index (χ0) is 14.4.